The van der Waals surface area contributed by atoms with Gasteiger partial charge in [0.1, 0.15) is 0 Å². The zero-order valence-electron chi connectivity index (χ0n) is 11.1. The van der Waals surface area contributed by atoms with E-state index in [1.54, 1.807) is 4.57 Å². The van der Waals surface area contributed by atoms with Crippen LogP contribution in [0.5, 0.6) is 0 Å². The van der Waals surface area contributed by atoms with Gasteiger partial charge in [-0.3, -0.25) is 13.8 Å². The Labute approximate surface area is 120 Å². The summed E-state index contributed by atoms with van der Waals surface area (Å²) in [6.45, 7) is 2.63. The topological polar surface area (TPSA) is 44.8 Å². The summed E-state index contributed by atoms with van der Waals surface area (Å²) in [5.41, 5.74) is 2.15. The normalized spacial score (nSPS) is 15.1. The van der Waals surface area contributed by atoms with Crippen LogP contribution in [0.25, 0.3) is 0 Å². The number of nitrogens with zero attached hydrogens (tertiary/aromatic N) is 4. The molecule has 0 atom stereocenters. The lowest BCUT2D eigenvalue weighted by molar-refractivity contribution is 0.619. The van der Waals surface area contributed by atoms with Gasteiger partial charge in [0, 0.05) is 25.5 Å². The molecule has 0 radical (unpaired) electrons. The molecule has 0 aromatic carbocycles. The minimum atomic E-state index is 0.0775. The first-order valence-electron chi connectivity index (χ1n) is 6.59. The minimum Gasteiger partial charge on any atom is -0.296 e. The van der Waals surface area contributed by atoms with Crippen LogP contribution in [0.4, 0.5) is 0 Å². The van der Waals surface area contributed by atoms with E-state index in [-0.39, 0.29) is 5.69 Å². The van der Waals surface area contributed by atoms with Gasteiger partial charge in [0.05, 0.1) is 22.4 Å². The maximum atomic E-state index is 12.2. The van der Waals surface area contributed by atoms with Crippen LogP contribution in [0, 0.1) is 0 Å². The Kier molecular flexibility index (Phi) is 3.12. The molecule has 2 aromatic rings. The number of halogens is 1. The summed E-state index contributed by atoms with van der Waals surface area (Å²) in [5, 5.41) is 4.46. The van der Waals surface area contributed by atoms with Gasteiger partial charge in [-0.2, -0.15) is 5.10 Å². The van der Waals surface area contributed by atoms with Gasteiger partial charge in [0.15, 0.2) is 0 Å². The fraction of sp³-hybridized carbons (Fsp3) is 0.538. The zero-order valence-corrected chi connectivity index (χ0v) is 12.7. The average Bonchev–Trinajstić information content (AvgIpc) is 3.12. The SMILES string of the molecule is CCc1nn(C)c(Cn2ccn(C3CC3)c2=O)c1Br. The maximum Gasteiger partial charge on any atom is 0.328 e. The predicted molar refractivity (Wildman–Crippen MR) is 76.4 cm³/mol. The molecule has 6 heteroatoms. The van der Waals surface area contributed by atoms with E-state index in [1.165, 1.54) is 0 Å². The highest BCUT2D eigenvalue weighted by atomic mass is 79.9. The third kappa shape index (κ3) is 2.18. The molecule has 102 valence electrons. The van der Waals surface area contributed by atoms with Crippen molar-refractivity contribution < 1.29 is 0 Å². The molecule has 1 fully saturated rings. The van der Waals surface area contributed by atoms with Crippen LogP contribution in [0.15, 0.2) is 21.7 Å². The molecular weight excluding hydrogens is 308 g/mol. The van der Waals surface area contributed by atoms with Gasteiger partial charge in [-0.05, 0) is 35.2 Å². The fourth-order valence-electron chi connectivity index (χ4n) is 2.33. The van der Waals surface area contributed by atoms with Gasteiger partial charge in [-0.15, -0.1) is 0 Å². The molecule has 1 aliphatic carbocycles. The summed E-state index contributed by atoms with van der Waals surface area (Å²) < 4.78 is 6.46. The molecule has 0 N–H and O–H groups in total. The zero-order chi connectivity index (χ0) is 13.6. The Morgan fingerprint density at radius 1 is 1.42 bits per heavy atom. The Morgan fingerprint density at radius 2 is 2.16 bits per heavy atom. The van der Waals surface area contributed by atoms with Crippen molar-refractivity contribution in [1.29, 1.82) is 0 Å². The molecule has 0 aliphatic heterocycles. The summed E-state index contributed by atoms with van der Waals surface area (Å²) in [4.78, 5) is 12.2. The Morgan fingerprint density at radius 3 is 2.74 bits per heavy atom. The van der Waals surface area contributed by atoms with Crippen molar-refractivity contribution in [3.05, 3.63) is 38.7 Å². The summed E-state index contributed by atoms with van der Waals surface area (Å²) in [6.07, 6.45) is 6.89. The molecule has 2 heterocycles. The van der Waals surface area contributed by atoms with Crippen molar-refractivity contribution in [2.45, 2.75) is 38.8 Å². The Bertz CT molecular complexity index is 663. The average molecular weight is 325 g/mol. The molecule has 0 saturated heterocycles. The lowest BCUT2D eigenvalue weighted by Crippen LogP contribution is -2.24. The van der Waals surface area contributed by atoms with E-state index in [4.69, 9.17) is 0 Å². The smallest absolute Gasteiger partial charge is 0.296 e. The minimum absolute atomic E-state index is 0.0775. The van der Waals surface area contributed by atoms with Crippen LogP contribution in [0.3, 0.4) is 0 Å². The predicted octanol–water partition coefficient (Wildman–Crippen LogP) is 2.09. The first-order chi connectivity index (χ1) is 9.11. The van der Waals surface area contributed by atoms with E-state index in [1.807, 2.05) is 28.7 Å². The van der Waals surface area contributed by atoms with Gasteiger partial charge >= 0.3 is 5.69 Å². The van der Waals surface area contributed by atoms with Crippen LogP contribution < -0.4 is 5.69 Å². The molecule has 2 aromatic heterocycles. The van der Waals surface area contributed by atoms with E-state index in [9.17, 15) is 4.79 Å². The van der Waals surface area contributed by atoms with Gasteiger partial charge < -0.3 is 0 Å². The summed E-state index contributed by atoms with van der Waals surface area (Å²) in [5.74, 6) is 0. The number of hydrogen-bond donors (Lipinski definition) is 0. The fourth-order valence-corrected chi connectivity index (χ4v) is 3.07. The quantitative estimate of drug-likeness (QED) is 0.864. The molecule has 0 unspecified atom stereocenters. The molecule has 0 amide bonds. The molecule has 19 heavy (non-hydrogen) atoms. The Balaban J connectivity index is 1.93. The summed E-state index contributed by atoms with van der Waals surface area (Å²) in [6, 6.07) is 0.426. The van der Waals surface area contributed by atoms with Gasteiger partial charge in [0.25, 0.3) is 0 Å². The van der Waals surface area contributed by atoms with Crippen LogP contribution in [0.2, 0.25) is 0 Å². The second kappa shape index (κ2) is 4.67. The second-order valence-electron chi connectivity index (χ2n) is 5.03. The summed E-state index contributed by atoms with van der Waals surface area (Å²) >= 11 is 3.59. The number of hydrogen-bond acceptors (Lipinski definition) is 2. The highest BCUT2D eigenvalue weighted by molar-refractivity contribution is 9.10. The van der Waals surface area contributed by atoms with Crippen LogP contribution in [0.1, 0.15) is 37.2 Å². The van der Waals surface area contributed by atoms with Crippen LogP contribution in [-0.2, 0) is 20.0 Å². The van der Waals surface area contributed by atoms with Crippen molar-refractivity contribution in [2.75, 3.05) is 0 Å². The largest absolute Gasteiger partial charge is 0.328 e. The lowest BCUT2D eigenvalue weighted by atomic mass is 10.3. The lowest BCUT2D eigenvalue weighted by Gasteiger charge is -2.03. The number of aromatic nitrogens is 4. The van der Waals surface area contributed by atoms with E-state index in [0.717, 1.165) is 35.1 Å². The van der Waals surface area contributed by atoms with Crippen molar-refractivity contribution in [3.8, 4) is 0 Å². The molecule has 0 spiro atoms. The number of aryl methyl sites for hydroxylation is 2. The van der Waals surface area contributed by atoms with Gasteiger partial charge in [0.2, 0.25) is 0 Å². The first kappa shape index (κ1) is 12.7. The van der Waals surface area contributed by atoms with Crippen LogP contribution >= 0.6 is 15.9 Å². The molecule has 5 nitrogen and oxygen atoms in total. The van der Waals surface area contributed by atoms with E-state index < -0.39 is 0 Å². The summed E-state index contributed by atoms with van der Waals surface area (Å²) in [7, 11) is 1.92. The third-order valence-electron chi connectivity index (χ3n) is 3.64. The highest BCUT2D eigenvalue weighted by Gasteiger charge is 2.25. The Hall–Kier alpha value is -1.30. The molecule has 0 bridgehead atoms. The van der Waals surface area contributed by atoms with E-state index in [2.05, 4.69) is 28.0 Å². The van der Waals surface area contributed by atoms with Crippen molar-refractivity contribution in [2.24, 2.45) is 7.05 Å². The van der Waals surface area contributed by atoms with E-state index in [0.29, 0.717) is 12.6 Å². The molecule has 1 aliphatic rings. The maximum absolute atomic E-state index is 12.2. The third-order valence-corrected chi connectivity index (χ3v) is 4.55. The van der Waals surface area contributed by atoms with Crippen molar-refractivity contribution in [1.82, 2.24) is 18.9 Å². The highest BCUT2D eigenvalue weighted by Crippen LogP contribution is 2.33. The number of imidazole rings is 1. The molecule has 1 saturated carbocycles. The van der Waals surface area contributed by atoms with Crippen LogP contribution in [-0.4, -0.2) is 18.9 Å². The standard InChI is InChI=1S/C13H17BrN4O/c1-3-10-12(14)11(16(2)15-10)8-17-6-7-18(13(17)19)9-4-5-9/h6-7,9H,3-5,8H2,1-2H3. The second-order valence-corrected chi connectivity index (χ2v) is 5.82. The van der Waals surface area contributed by atoms with E-state index >= 15 is 0 Å². The molecular formula is C13H17BrN4O. The van der Waals surface area contributed by atoms with Gasteiger partial charge in [-0.1, -0.05) is 6.92 Å². The van der Waals surface area contributed by atoms with Crippen molar-refractivity contribution >= 4 is 15.9 Å². The number of rotatable bonds is 4. The van der Waals surface area contributed by atoms with Crippen molar-refractivity contribution in [3.63, 3.8) is 0 Å². The van der Waals surface area contributed by atoms with Gasteiger partial charge in [-0.25, -0.2) is 4.79 Å². The monoisotopic (exact) mass is 324 g/mol. The molecule has 3 rings (SSSR count). The first-order valence-corrected chi connectivity index (χ1v) is 7.38.